The van der Waals surface area contributed by atoms with Crippen LogP contribution in [0.5, 0.6) is 0 Å². The number of anilines is 2. The zero-order chi connectivity index (χ0) is 14.7. The third-order valence-electron chi connectivity index (χ3n) is 3.86. The van der Waals surface area contributed by atoms with Crippen molar-refractivity contribution in [1.29, 1.82) is 0 Å². The highest BCUT2D eigenvalue weighted by Gasteiger charge is 2.25. The van der Waals surface area contributed by atoms with Crippen LogP contribution >= 0.6 is 0 Å². The molecular weight excluding hydrogens is 260 g/mol. The molecule has 0 aromatic heterocycles. The molecule has 0 saturated heterocycles. The van der Waals surface area contributed by atoms with Crippen LogP contribution in [0.4, 0.5) is 11.4 Å². The molecule has 1 aliphatic heterocycles. The number of amides is 1. The minimum absolute atomic E-state index is 0.123. The molecule has 2 aromatic carbocycles. The van der Waals surface area contributed by atoms with Gasteiger partial charge in [-0.25, -0.2) is 0 Å². The highest BCUT2D eigenvalue weighted by atomic mass is 16.2. The summed E-state index contributed by atoms with van der Waals surface area (Å²) in [6.45, 7) is 3.32. The summed E-state index contributed by atoms with van der Waals surface area (Å²) < 4.78 is 0. The van der Waals surface area contributed by atoms with E-state index in [-0.39, 0.29) is 5.91 Å². The lowest BCUT2D eigenvalue weighted by atomic mass is 9.94. The minimum atomic E-state index is 0.123. The molecule has 0 bridgehead atoms. The largest absolute Gasteiger partial charge is 0.376 e. The summed E-state index contributed by atoms with van der Waals surface area (Å²) in [6.07, 6.45) is 1.05. The maximum absolute atomic E-state index is 12.5. The van der Waals surface area contributed by atoms with Crippen LogP contribution in [0.15, 0.2) is 54.6 Å². The Morgan fingerprint density at radius 2 is 1.86 bits per heavy atom. The van der Waals surface area contributed by atoms with E-state index in [2.05, 4.69) is 18.3 Å². The second kappa shape index (κ2) is 6.00. The van der Waals surface area contributed by atoms with Crippen molar-refractivity contribution < 1.29 is 4.79 Å². The second-order valence-electron chi connectivity index (χ2n) is 5.66. The monoisotopic (exact) mass is 280 g/mol. The topological polar surface area (TPSA) is 32.3 Å². The zero-order valence-electron chi connectivity index (χ0n) is 12.3. The molecule has 0 aliphatic carbocycles. The van der Waals surface area contributed by atoms with Crippen molar-refractivity contribution in [1.82, 2.24) is 0 Å². The summed E-state index contributed by atoms with van der Waals surface area (Å²) >= 11 is 0. The predicted molar refractivity (Wildman–Crippen MR) is 86.6 cm³/mol. The summed E-state index contributed by atoms with van der Waals surface area (Å²) in [7, 11) is 0. The van der Waals surface area contributed by atoms with Crippen LogP contribution in [-0.4, -0.2) is 19.0 Å². The van der Waals surface area contributed by atoms with Crippen molar-refractivity contribution in [2.45, 2.75) is 13.3 Å². The fourth-order valence-electron chi connectivity index (χ4n) is 2.86. The Morgan fingerprint density at radius 3 is 2.67 bits per heavy atom. The second-order valence-corrected chi connectivity index (χ2v) is 5.66. The smallest absolute Gasteiger partial charge is 0.246 e. The third kappa shape index (κ3) is 3.07. The highest BCUT2D eigenvalue weighted by Crippen LogP contribution is 2.29. The first kappa shape index (κ1) is 13.7. The molecule has 1 atom stereocenters. The molecule has 1 N–H and O–H groups in total. The van der Waals surface area contributed by atoms with Gasteiger partial charge in [0, 0.05) is 17.9 Å². The molecule has 2 aromatic rings. The molecular formula is C18H20N2O. The first-order valence-electron chi connectivity index (χ1n) is 7.41. The van der Waals surface area contributed by atoms with Crippen molar-refractivity contribution in [3.05, 3.63) is 60.2 Å². The van der Waals surface area contributed by atoms with Gasteiger partial charge in [-0.1, -0.05) is 43.3 Å². The average Bonchev–Trinajstić information content (AvgIpc) is 2.52. The van der Waals surface area contributed by atoms with Gasteiger partial charge in [-0.3, -0.25) is 4.79 Å². The van der Waals surface area contributed by atoms with E-state index < -0.39 is 0 Å². The van der Waals surface area contributed by atoms with E-state index >= 15 is 0 Å². The highest BCUT2D eigenvalue weighted by molar-refractivity contribution is 5.97. The van der Waals surface area contributed by atoms with Crippen molar-refractivity contribution in [3.8, 4) is 0 Å². The summed E-state index contributed by atoms with van der Waals surface area (Å²) in [6, 6.07) is 18.0. The fraction of sp³-hybridized carbons (Fsp3) is 0.278. The van der Waals surface area contributed by atoms with Gasteiger partial charge < -0.3 is 10.2 Å². The van der Waals surface area contributed by atoms with Gasteiger partial charge in [0.2, 0.25) is 5.91 Å². The van der Waals surface area contributed by atoms with E-state index in [1.807, 2.05) is 53.4 Å². The number of nitrogens with zero attached hydrogens (tertiary/aromatic N) is 1. The standard InChI is InChI=1S/C18H20N2O/c1-14-11-15-7-5-6-10-17(15)20(13-14)18(21)12-19-16-8-3-2-4-9-16/h2-10,14,19H,11-13H2,1H3. The molecule has 108 valence electrons. The Balaban J connectivity index is 1.73. The number of fused-ring (bicyclic) bond motifs is 1. The van der Waals surface area contributed by atoms with E-state index in [0.29, 0.717) is 12.5 Å². The molecule has 3 heteroatoms. The van der Waals surface area contributed by atoms with Gasteiger partial charge in [-0.05, 0) is 36.1 Å². The molecule has 1 amide bonds. The van der Waals surface area contributed by atoms with Crippen molar-refractivity contribution in [2.24, 2.45) is 5.92 Å². The predicted octanol–water partition coefficient (Wildman–Crippen LogP) is 3.32. The Kier molecular flexibility index (Phi) is 3.91. The summed E-state index contributed by atoms with van der Waals surface area (Å²) in [5, 5.41) is 3.20. The van der Waals surface area contributed by atoms with E-state index in [0.717, 1.165) is 24.3 Å². The van der Waals surface area contributed by atoms with E-state index in [1.54, 1.807) is 0 Å². The Bertz CT molecular complexity index is 624. The van der Waals surface area contributed by atoms with Crippen molar-refractivity contribution in [2.75, 3.05) is 23.3 Å². The Morgan fingerprint density at radius 1 is 1.14 bits per heavy atom. The Hall–Kier alpha value is -2.29. The SMILES string of the molecule is CC1Cc2ccccc2N(C(=O)CNc2ccccc2)C1. The van der Waals surface area contributed by atoms with E-state index in [1.165, 1.54) is 5.56 Å². The zero-order valence-corrected chi connectivity index (χ0v) is 12.3. The fourth-order valence-corrected chi connectivity index (χ4v) is 2.86. The summed E-state index contributed by atoms with van der Waals surface area (Å²) in [5.74, 6) is 0.624. The number of nitrogens with one attached hydrogen (secondary N) is 1. The molecule has 0 saturated carbocycles. The number of rotatable bonds is 3. The van der Waals surface area contributed by atoms with Crippen LogP contribution in [0.25, 0.3) is 0 Å². The van der Waals surface area contributed by atoms with Gasteiger partial charge in [0.15, 0.2) is 0 Å². The molecule has 1 aliphatic rings. The Labute approximate surface area is 125 Å². The van der Waals surface area contributed by atoms with E-state index in [9.17, 15) is 4.79 Å². The molecule has 1 unspecified atom stereocenters. The van der Waals surface area contributed by atoms with Crippen LogP contribution in [0.3, 0.4) is 0 Å². The number of carbonyl (C=O) groups is 1. The van der Waals surface area contributed by atoms with Crippen molar-refractivity contribution >= 4 is 17.3 Å². The lowest BCUT2D eigenvalue weighted by Gasteiger charge is -2.33. The van der Waals surface area contributed by atoms with Gasteiger partial charge >= 0.3 is 0 Å². The lowest BCUT2D eigenvalue weighted by molar-refractivity contribution is -0.117. The van der Waals surface area contributed by atoms with Gasteiger partial charge in [-0.15, -0.1) is 0 Å². The van der Waals surface area contributed by atoms with E-state index in [4.69, 9.17) is 0 Å². The quantitative estimate of drug-likeness (QED) is 0.935. The lowest BCUT2D eigenvalue weighted by Crippen LogP contribution is -2.42. The maximum Gasteiger partial charge on any atom is 0.246 e. The maximum atomic E-state index is 12.5. The van der Waals surface area contributed by atoms with Crippen LogP contribution < -0.4 is 10.2 Å². The van der Waals surface area contributed by atoms with Crippen LogP contribution in [0, 0.1) is 5.92 Å². The summed E-state index contributed by atoms with van der Waals surface area (Å²) in [5.41, 5.74) is 3.31. The molecule has 1 heterocycles. The molecule has 0 fully saturated rings. The molecule has 3 nitrogen and oxygen atoms in total. The number of hydrogen-bond acceptors (Lipinski definition) is 2. The number of para-hydroxylation sites is 2. The first-order chi connectivity index (χ1) is 10.2. The van der Waals surface area contributed by atoms with Gasteiger partial charge in [0.05, 0.1) is 6.54 Å². The molecule has 21 heavy (non-hydrogen) atoms. The van der Waals surface area contributed by atoms with Crippen LogP contribution in [0.1, 0.15) is 12.5 Å². The van der Waals surface area contributed by atoms with Gasteiger partial charge in [0.25, 0.3) is 0 Å². The van der Waals surface area contributed by atoms with Crippen molar-refractivity contribution in [3.63, 3.8) is 0 Å². The summed E-state index contributed by atoms with van der Waals surface area (Å²) in [4.78, 5) is 14.5. The van der Waals surface area contributed by atoms with Gasteiger partial charge in [-0.2, -0.15) is 0 Å². The molecule has 0 spiro atoms. The number of carbonyl (C=O) groups excluding carboxylic acids is 1. The first-order valence-corrected chi connectivity index (χ1v) is 7.41. The molecule has 0 radical (unpaired) electrons. The molecule has 3 rings (SSSR count). The minimum Gasteiger partial charge on any atom is -0.376 e. The third-order valence-corrected chi connectivity index (χ3v) is 3.86. The van der Waals surface area contributed by atoms with Crippen LogP contribution in [0.2, 0.25) is 0 Å². The van der Waals surface area contributed by atoms with Gasteiger partial charge in [0.1, 0.15) is 0 Å². The van der Waals surface area contributed by atoms with Crippen LogP contribution in [-0.2, 0) is 11.2 Å². The number of benzene rings is 2. The normalized spacial score (nSPS) is 17.2. The number of hydrogen-bond donors (Lipinski definition) is 1. The average molecular weight is 280 g/mol.